The topological polar surface area (TPSA) is 86.5 Å². The summed E-state index contributed by atoms with van der Waals surface area (Å²) in [6, 6.07) is 0. The molecular formula is C10H13N3O3. The molecule has 1 saturated heterocycles. The van der Waals surface area contributed by atoms with Crippen LogP contribution >= 0.6 is 0 Å². The number of carboxylic acid groups (broad SMARTS) is 1. The molecular weight excluding hydrogens is 210 g/mol. The molecule has 2 rings (SSSR count). The summed E-state index contributed by atoms with van der Waals surface area (Å²) in [6.45, 7) is 1.70. The van der Waals surface area contributed by atoms with Crippen molar-refractivity contribution in [2.75, 3.05) is 24.6 Å². The standard InChI is InChI=1S/C10H13N3O3/c14-6-7-1-2-13(5-7)10-11-3-8(4-12-10)9(15)16/h3-4,7,14H,1-2,5-6H2,(H,15,16)/t7-/m1/s1. The van der Waals surface area contributed by atoms with Gasteiger partial charge in [-0.1, -0.05) is 0 Å². The summed E-state index contributed by atoms with van der Waals surface area (Å²) in [4.78, 5) is 20.6. The molecule has 0 aliphatic carbocycles. The zero-order valence-corrected chi connectivity index (χ0v) is 8.70. The number of aliphatic hydroxyl groups is 1. The Labute approximate surface area is 92.6 Å². The number of hydrogen-bond acceptors (Lipinski definition) is 5. The second-order valence-electron chi connectivity index (χ2n) is 3.86. The highest BCUT2D eigenvalue weighted by Crippen LogP contribution is 2.19. The van der Waals surface area contributed by atoms with E-state index in [0.29, 0.717) is 5.95 Å². The fourth-order valence-electron chi connectivity index (χ4n) is 1.76. The molecule has 86 valence electrons. The molecule has 0 amide bonds. The molecule has 2 N–H and O–H groups in total. The van der Waals surface area contributed by atoms with Gasteiger partial charge in [0.15, 0.2) is 0 Å². The van der Waals surface area contributed by atoms with Gasteiger partial charge in [0.2, 0.25) is 5.95 Å². The maximum absolute atomic E-state index is 10.6. The number of hydrogen-bond donors (Lipinski definition) is 2. The van der Waals surface area contributed by atoms with Crippen molar-refractivity contribution in [1.82, 2.24) is 9.97 Å². The summed E-state index contributed by atoms with van der Waals surface area (Å²) in [5.41, 5.74) is 0.0849. The zero-order chi connectivity index (χ0) is 11.5. The Balaban J connectivity index is 2.08. The molecule has 1 fully saturated rings. The minimum absolute atomic E-state index is 0.0849. The van der Waals surface area contributed by atoms with E-state index in [2.05, 4.69) is 9.97 Å². The molecule has 16 heavy (non-hydrogen) atoms. The molecule has 0 bridgehead atoms. The summed E-state index contributed by atoms with van der Waals surface area (Å²) in [5, 5.41) is 17.7. The maximum atomic E-state index is 10.6. The molecule has 0 saturated carbocycles. The van der Waals surface area contributed by atoms with Crippen LogP contribution in [0.4, 0.5) is 5.95 Å². The van der Waals surface area contributed by atoms with Crippen molar-refractivity contribution in [3.05, 3.63) is 18.0 Å². The van der Waals surface area contributed by atoms with E-state index in [1.165, 1.54) is 12.4 Å². The van der Waals surface area contributed by atoms with Gasteiger partial charge in [0.1, 0.15) is 0 Å². The largest absolute Gasteiger partial charge is 0.478 e. The second kappa shape index (κ2) is 4.44. The maximum Gasteiger partial charge on any atom is 0.338 e. The van der Waals surface area contributed by atoms with Gasteiger partial charge in [-0.2, -0.15) is 0 Å². The van der Waals surface area contributed by atoms with Crippen LogP contribution in [0, 0.1) is 5.92 Å². The lowest BCUT2D eigenvalue weighted by Gasteiger charge is -2.15. The predicted molar refractivity (Wildman–Crippen MR) is 56.4 cm³/mol. The molecule has 6 heteroatoms. The van der Waals surface area contributed by atoms with Crippen LogP contribution in [-0.4, -0.2) is 45.8 Å². The smallest absolute Gasteiger partial charge is 0.338 e. The molecule has 1 aliphatic rings. The number of nitrogens with zero attached hydrogens (tertiary/aromatic N) is 3. The summed E-state index contributed by atoms with van der Waals surface area (Å²) in [5.74, 6) is -0.232. The summed E-state index contributed by atoms with van der Waals surface area (Å²) in [6.07, 6.45) is 3.52. The Morgan fingerprint density at radius 1 is 1.50 bits per heavy atom. The Kier molecular flexibility index (Phi) is 3.00. The monoisotopic (exact) mass is 223 g/mol. The van der Waals surface area contributed by atoms with Crippen molar-refractivity contribution < 1.29 is 15.0 Å². The first-order valence-corrected chi connectivity index (χ1v) is 5.12. The van der Waals surface area contributed by atoms with E-state index in [1.807, 2.05) is 4.90 Å². The van der Waals surface area contributed by atoms with Crippen molar-refractivity contribution in [3.63, 3.8) is 0 Å². The van der Waals surface area contributed by atoms with Gasteiger partial charge in [0.05, 0.1) is 5.56 Å². The summed E-state index contributed by atoms with van der Waals surface area (Å²) in [7, 11) is 0. The van der Waals surface area contributed by atoms with Crippen molar-refractivity contribution >= 4 is 11.9 Å². The Morgan fingerprint density at radius 2 is 2.19 bits per heavy atom. The Morgan fingerprint density at radius 3 is 2.69 bits per heavy atom. The van der Waals surface area contributed by atoms with Crippen molar-refractivity contribution in [3.8, 4) is 0 Å². The fraction of sp³-hybridized carbons (Fsp3) is 0.500. The molecule has 6 nitrogen and oxygen atoms in total. The van der Waals surface area contributed by atoms with E-state index in [9.17, 15) is 4.79 Å². The molecule has 0 spiro atoms. The molecule has 1 aromatic rings. The van der Waals surface area contributed by atoms with Gasteiger partial charge in [0.25, 0.3) is 0 Å². The van der Waals surface area contributed by atoms with Crippen LogP contribution in [0.3, 0.4) is 0 Å². The van der Waals surface area contributed by atoms with Crippen LogP contribution in [0.15, 0.2) is 12.4 Å². The molecule has 0 unspecified atom stereocenters. The highest BCUT2D eigenvalue weighted by molar-refractivity contribution is 5.86. The minimum Gasteiger partial charge on any atom is -0.478 e. The van der Waals surface area contributed by atoms with Gasteiger partial charge in [-0.25, -0.2) is 14.8 Å². The SMILES string of the molecule is O=C(O)c1cnc(N2CC[C@@H](CO)C2)nc1. The number of carboxylic acids is 1. The number of aliphatic hydroxyl groups excluding tert-OH is 1. The van der Waals surface area contributed by atoms with Gasteiger partial charge in [-0.15, -0.1) is 0 Å². The van der Waals surface area contributed by atoms with E-state index in [4.69, 9.17) is 10.2 Å². The second-order valence-corrected chi connectivity index (χ2v) is 3.86. The molecule has 0 radical (unpaired) electrons. The van der Waals surface area contributed by atoms with Crippen LogP contribution in [0.2, 0.25) is 0 Å². The number of aromatic carboxylic acids is 1. The van der Waals surface area contributed by atoms with E-state index >= 15 is 0 Å². The number of carbonyl (C=O) groups is 1. The molecule has 1 aliphatic heterocycles. The lowest BCUT2D eigenvalue weighted by Crippen LogP contribution is -2.23. The van der Waals surface area contributed by atoms with Crippen molar-refractivity contribution in [1.29, 1.82) is 0 Å². The first kappa shape index (κ1) is 10.8. The van der Waals surface area contributed by atoms with Gasteiger partial charge in [0, 0.05) is 38.0 Å². The average molecular weight is 223 g/mol. The quantitative estimate of drug-likeness (QED) is 0.749. The number of rotatable bonds is 3. The van der Waals surface area contributed by atoms with E-state index < -0.39 is 5.97 Å². The first-order valence-electron chi connectivity index (χ1n) is 5.12. The minimum atomic E-state index is -1.03. The molecule has 1 aromatic heterocycles. The summed E-state index contributed by atoms with van der Waals surface area (Å²) < 4.78 is 0. The third-order valence-corrected chi connectivity index (χ3v) is 2.71. The summed E-state index contributed by atoms with van der Waals surface area (Å²) >= 11 is 0. The lowest BCUT2D eigenvalue weighted by atomic mass is 10.1. The van der Waals surface area contributed by atoms with Crippen molar-refractivity contribution in [2.24, 2.45) is 5.92 Å². The zero-order valence-electron chi connectivity index (χ0n) is 8.70. The molecule has 0 aromatic carbocycles. The average Bonchev–Trinajstić information content (AvgIpc) is 2.77. The van der Waals surface area contributed by atoms with Crippen LogP contribution < -0.4 is 4.90 Å². The van der Waals surface area contributed by atoms with Crippen molar-refractivity contribution in [2.45, 2.75) is 6.42 Å². The van der Waals surface area contributed by atoms with Gasteiger partial charge < -0.3 is 15.1 Å². The number of anilines is 1. The fourth-order valence-corrected chi connectivity index (χ4v) is 1.76. The lowest BCUT2D eigenvalue weighted by molar-refractivity contribution is 0.0696. The third-order valence-electron chi connectivity index (χ3n) is 2.71. The van der Waals surface area contributed by atoms with E-state index in [1.54, 1.807) is 0 Å². The van der Waals surface area contributed by atoms with E-state index in [-0.39, 0.29) is 18.1 Å². The Hall–Kier alpha value is -1.69. The van der Waals surface area contributed by atoms with Crippen LogP contribution in [0.25, 0.3) is 0 Å². The van der Waals surface area contributed by atoms with Gasteiger partial charge in [-0.05, 0) is 6.42 Å². The first-order chi connectivity index (χ1) is 7.70. The van der Waals surface area contributed by atoms with Gasteiger partial charge >= 0.3 is 5.97 Å². The Bertz CT molecular complexity index is 379. The highest BCUT2D eigenvalue weighted by atomic mass is 16.4. The highest BCUT2D eigenvalue weighted by Gasteiger charge is 2.23. The van der Waals surface area contributed by atoms with E-state index in [0.717, 1.165) is 19.5 Å². The number of aromatic nitrogens is 2. The molecule has 1 atom stereocenters. The van der Waals surface area contributed by atoms with Crippen LogP contribution in [0.5, 0.6) is 0 Å². The van der Waals surface area contributed by atoms with Gasteiger partial charge in [-0.3, -0.25) is 0 Å². The van der Waals surface area contributed by atoms with Crippen LogP contribution in [0.1, 0.15) is 16.8 Å². The predicted octanol–water partition coefficient (Wildman–Crippen LogP) is -0.00660. The normalized spacial score (nSPS) is 20.1. The third kappa shape index (κ3) is 2.11. The molecule has 2 heterocycles. The van der Waals surface area contributed by atoms with Crippen LogP contribution in [-0.2, 0) is 0 Å².